The fourth-order valence-corrected chi connectivity index (χ4v) is 4.85. The number of carbonyl (C=O) groups is 2. The van der Waals surface area contributed by atoms with Gasteiger partial charge in [-0.05, 0) is 75.0 Å². The number of anilines is 1. The normalized spacial score (nSPS) is 21.3. The smallest absolute Gasteiger partial charge is 0.410 e. The summed E-state index contributed by atoms with van der Waals surface area (Å²) in [6.07, 6.45) is 2.68. The van der Waals surface area contributed by atoms with Crippen LogP contribution in [0.25, 0.3) is 11.1 Å². The standard InChI is InChI=1S/C22H28BrN3O5/c1-5-29-19(27)13-9-16(23)18-17(10-13)24-20(30-18)25-11-14-7-6-8-15(12-25)26(14)21(28)31-22(2,3)4/h9-10,14-15H,5-8,11-12H2,1-4H3. The van der Waals surface area contributed by atoms with E-state index in [-0.39, 0.29) is 18.2 Å². The molecule has 2 atom stereocenters. The number of carbonyl (C=O) groups excluding carboxylic acids is 2. The topological polar surface area (TPSA) is 85.1 Å². The molecule has 2 aliphatic heterocycles. The third-order valence-corrected chi connectivity index (χ3v) is 6.13. The monoisotopic (exact) mass is 493 g/mol. The van der Waals surface area contributed by atoms with Crippen LogP contribution in [0.15, 0.2) is 21.0 Å². The number of benzene rings is 1. The first-order valence-electron chi connectivity index (χ1n) is 10.7. The molecule has 3 heterocycles. The van der Waals surface area contributed by atoms with Crippen LogP contribution in [0.2, 0.25) is 0 Å². The molecule has 0 saturated carbocycles. The van der Waals surface area contributed by atoms with Crippen LogP contribution < -0.4 is 4.90 Å². The minimum Gasteiger partial charge on any atom is -0.462 e. The molecule has 0 aliphatic carbocycles. The molecule has 2 aliphatic rings. The molecule has 1 aromatic heterocycles. The number of amides is 1. The molecule has 8 nitrogen and oxygen atoms in total. The van der Waals surface area contributed by atoms with E-state index in [9.17, 15) is 9.59 Å². The van der Waals surface area contributed by atoms with Crippen molar-refractivity contribution in [2.45, 2.75) is 64.6 Å². The zero-order valence-corrected chi connectivity index (χ0v) is 19.9. The summed E-state index contributed by atoms with van der Waals surface area (Å²) in [5, 5.41) is 0. The number of halogens is 1. The lowest BCUT2D eigenvalue weighted by atomic mass is 9.92. The summed E-state index contributed by atoms with van der Waals surface area (Å²) >= 11 is 3.48. The van der Waals surface area contributed by atoms with Crippen LogP contribution in [0.5, 0.6) is 0 Å². The second-order valence-electron chi connectivity index (χ2n) is 9.05. The first-order chi connectivity index (χ1) is 14.7. The molecule has 168 valence electrons. The van der Waals surface area contributed by atoms with Gasteiger partial charge in [0, 0.05) is 13.1 Å². The zero-order chi connectivity index (χ0) is 22.3. The Labute approximate surface area is 190 Å². The molecule has 2 unspecified atom stereocenters. The fraction of sp³-hybridized carbons (Fsp3) is 0.591. The van der Waals surface area contributed by atoms with Gasteiger partial charge >= 0.3 is 12.1 Å². The van der Waals surface area contributed by atoms with Crippen molar-refractivity contribution in [2.75, 3.05) is 24.6 Å². The quantitative estimate of drug-likeness (QED) is 0.570. The van der Waals surface area contributed by atoms with Crippen molar-refractivity contribution >= 4 is 45.1 Å². The summed E-state index contributed by atoms with van der Waals surface area (Å²) in [5.41, 5.74) is 1.08. The highest BCUT2D eigenvalue weighted by molar-refractivity contribution is 9.10. The second-order valence-corrected chi connectivity index (χ2v) is 9.91. The van der Waals surface area contributed by atoms with E-state index in [2.05, 4.69) is 25.8 Å². The SMILES string of the molecule is CCOC(=O)c1cc(Br)c2oc(N3CC4CCCC(C3)N4C(=O)OC(C)(C)C)nc2c1. The van der Waals surface area contributed by atoms with Crippen molar-refractivity contribution in [1.29, 1.82) is 0 Å². The van der Waals surface area contributed by atoms with Crippen molar-refractivity contribution in [1.82, 2.24) is 9.88 Å². The number of nitrogens with zero attached hydrogens (tertiary/aromatic N) is 3. The lowest BCUT2D eigenvalue weighted by Crippen LogP contribution is -2.63. The van der Waals surface area contributed by atoms with Gasteiger partial charge in [0.15, 0.2) is 5.58 Å². The molecular formula is C22H28BrN3O5. The van der Waals surface area contributed by atoms with Gasteiger partial charge in [0.1, 0.15) is 11.1 Å². The average molecular weight is 494 g/mol. The Kier molecular flexibility index (Phi) is 5.89. The molecule has 2 aromatic rings. The Morgan fingerprint density at radius 3 is 2.52 bits per heavy atom. The highest BCUT2D eigenvalue weighted by Crippen LogP contribution is 2.35. The predicted octanol–water partition coefficient (Wildman–Crippen LogP) is 4.75. The van der Waals surface area contributed by atoms with E-state index in [0.29, 0.717) is 46.8 Å². The van der Waals surface area contributed by atoms with Crippen molar-refractivity contribution in [3.63, 3.8) is 0 Å². The summed E-state index contributed by atoms with van der Waals surface area (Å²) in [6, 6.07) is 3.97. The third-order valence-electron chi connectivity index (χ3n) is 5.54. The number of ether oxygens (including phenoxy) is 2. The minimum atomic E-state index is -0.522. The highest BCUT2D eigenvalue weighted by Gasteiger charge is 2.43. The number of fused-ring (bicyclic) bond motifs is 3. The summed E-state index contributed by atoms with van der Waals surface area (Å²) < 4.78 is 17.5. The van der Waals surface area contributed by atoms with Crippen LogP contribution in [0, 0.1) is 0 Å². The third kappa shape index (κ3) is 4.51. The predicted molar refractivity (Wildman–Crippen MR) is 119 cm³/mol. The van der Waals surface area contributed by atoms with Crippen molar-refractivity contribution in [3.8, 4) is 0 Å². The first kappa shape index (κ1) is 21.9. The van der Waals surface area contributed by atoms with Crippen LogP contribution in [-0.4, -0.2) is 59.3 Å². The average Bonchev–Trinajstić information content (AvgIpc) is 3.10. The molecular weight excluding hydrogens is 466 g/mol. The maximum Gasteiger partial charge on any atom is 0.410 e. The molecule has 0 spiro atoms. The van der Waals surface area contributed by atoms with E-state index < -0.39 is 11.6 Å². The zero-order valence-electron chi connectivity index (χ0n) is 18.3. The van der Waals surface area contributed by atoms with E-state index in [1.54, 1.807) is 19.1 Å². The minimum absolute atomic E-state index is 0.0518. The van der Waals surface area contributed by atoms with Gasteiger partial charge in [-0.2, -0.15) is 4.98 Å². The van der Waals surface area contributed by atoms with Crippen LogP contribution >= 0.6 is 15.9 Å². The van der Waals surface area contributed by atoms with Crippen LogP contribution in [0.4, 0.5) is 10.8 Å². The van der Waals surface area contributed by atoms with Crippen LogP contribution in [0.3, 0.4) is 0 Å². The summed E-state index contributed by atoms with van der Waals surface area (Å²) in [6.45, 7) is 9.00. The maximum absolute atomic E-state index is 12.8. The Morgan fingerprint density at radius 1 is 1.23 bits per heavy atom. The van der Waals surface area contributed by atoms with Gasteiger partial charge in [0.05, 0.1) is 28.7 Å². The molecule has 2 saturated heterocycles. The summed E-state index contributed by atoms with van der Waals surface area (Å²) in [7, 11) is 0. The van der Waals surface area contributed by atoms with E-state index >= 15 is 0 Å². The Morgan fingerprint density at radius 2 is 1.90 bits per heavy atom. The molecule has 4 rings (SSSR count). The van der Waals surface area contributed by atoms with Crippen molar-refractivity contribution < 1.29 is 23.5 Å². The van der Waals surface area contributed by atoms with Gasteiger partial charge < -0.3 is 18.8 Å². The van der Waals surface area contributed by atoms with Gasteiger partial charge in [-0.3, -0.25) is 4.90 Å². The molecule has 31 heavy (non-hydrogen) atoms. The number of piperidine rings is 1. The molecule has 9 heteroatoms. The molecule has 1 amide bonds. The second kappa shape index (κ2) is 8.33. The number of oxazole rings is 1. The Balaban J connectivity index is 1.58. The van der Waals surface area contributed by atoms with E-state index in [1.165, 1.54) is 0 Å². The molecule has 2 bridgehead atoms. The number of hydrogen-bond acceptors (Lipinski definition) is 7. The molecule has 1 aromatic carbocycles. The van der Waals surface area contributed by atoms with E-state index in [0.717, 1.165) is 19.3 Å². The van der Waals surface area contributed by atoms with Gasteiger partial charge in [0.25, 0.3) is 6.01 Å². The maximum atomic E-state index is 12.8. The number of aromatic nitrogens is 1. The van der Waals surface area contributed by atoms with Crippen molar-refractivity contribution in [2.24, 2.45) is 0 Å². The molecule has 0 N–H and O–H groups in total. The number of esters is 1. The van der Waals surface area contributed by atoms with Gasteiger partial charge in [0.2, 0.25) is 0 Å². The Hall–Kier alpha value is -2.29. The number of hydrogen-bond donors (Lipinski definition) is 0. The van der Waals surface area contributed by atoms with Gasteiger partial charge in [-0.25, -0.2) is 9.59 Å². The highest BCUT2D eigenvalue weighted by atomic mass is 79.9. The number of rotatable bonds is 3. The molecule has 0 radical (unpaired) electrons. The number of piperazine rings is 1. The Bertz CT molecular complexity index is 985. The lowest BCUT2D eigenvalue weighted by Gasteiger charge is -2.49. The molecule has 2 fully saturated rings. The van der Waals surface area contributed by atoms with E-state index in [1.807, 2.05) is 25.7 Å². The summed E-state index contributed by atoms with van der Waals surface area (Å²) in [4.78, 5) is 33.6. The van der Waals surface area contributed by atoms with Crippen LogP contribution in [0.1, 0.15) is 57.3 Å². The largest absolute Gasteiger partial charge is 0.462 e. The fourth-order valence-electron chi connectivity index (χ4n) is 4.32. The van der Waals surface area contributed by atoms with Gasteiger partial charge in [-0.1, -0.05) is 0 Å². The van der Waals surface area contributed by atoms with Gasteiger partial charge in [-0.15, -0.1) is 0 Å². The lowest BCUT2D eigenvalue weighted by molar-refractivity contribution is -0.0102. The summed E-state index contributed by atoms with van der Waals surface area (Å²) in [5.74, 6) is -0.393. The van der Waals surface area contributed by atoms with E-state index in [4.69, 9.17) is 13.9 Å². The first-order valence-corrected chi connectivity index (χ1v) is 11.5. The van der Waals surface area contributed by atoms with Crippen molar-refractivity contribution in [3.05, 3.63) is 22.2 Å². The van der Waals surface area contributed by atoms with Crippen LogP contribution in [-0.2, 0) is 9.47 Å².